The van der Waals surface area contributed by atoms with Crippen molar-refractivity contribution in [1.82, 2.24) is 19.7 Å². The van der Waals surface area contributed by atoms with E-state index in [1.54, 1.807) is 16.2 Å². The molecule has 23 heavy (non-hydrogen) atoms. The number of hydrogen-bond donors (Lipinski definition) is 0. The highest BCUT2D eigenvalue weighted by molar-refractivity contribution is 7.09. The minimum Gasteiger partial charge on any atom is -0.341 e. The molecule has 0 unspecified atom stereocenters. The molecular formula is C16H26N4O2S. The number of aromatic nitrogens is 1. The van der Waals surface area contributed by atoms with Crippen molar-refractivity contribution in [2.45, 2.75) is 26.3 Å². The summed E-state index contributed by atoms with van der Waals surface area (Å²) < 4.78 is 0. The van der Waals surface area contributed by atoms with Gasteiger partial charge in [0, 0.05) is 38.5 Å². The van der Waals surface area contributed by atoms with Gasteiger partial charge in [-0.2, -0.15) is 0 Å². The zero-order chi connectivity index (χ0) is 17.0. The van der Waals surface area contributed by atoms with Crippen molar-refractivity contribution in [2.75, 3.05) is 40.8 Å². The van der Waals surface area contributed by atoms with E-state index in [-0.39, 0.29) is 17.7 Å². The Bertz CT molecular complexity index is 558. The van der Waals surface area contributed by atoms with Crippen LogP contribution in [0.25, 0.3) is 0 Å². The number of likely N-dealkylation sites (N-methyl/N-ethyl adjacent to an activating group) is 1. The Morgan fingerprint density at radius 2 is 2.17 bits per heavy atom. The lowest BCUT2D eigenvalue weighted by molar-refractivity contribution is -0.142. The molecule has 1 aliphatic heterocycles. The molecule has 6 nitrogen and oxygen atoms in total. The lowest BCUT2D eigenvalue weighted by Gasteiger charge is -2.34. The fourth-order valence-electron chi connectivity index (χ4n) is 2.77. The smallest absolute Gasteiger partial charge is 0.227 e. The Morgan fingerprint density at radius 3 is 2.78 bits per heavy atom. The lowest BCUT2D eigenvalue weighted by Crippen LogP contribution is -2.47. The fraction of sp³-hybridized carbons (Fsp3) is 0.688. The SMILES string of the molecule is Cc1nc(CN(C)C(=O)[C@@H]2CCC(=O)N(CCN(C)C)C2)cs1. The van der Waals surface area contributed by atoms with Gasteiger partial charge in [-0.1, -0.05) is 0 Å². The predicted molar refractivity (Wildman–Crippen MR) is 91.2 cm³/mol. The number of amides is 2. The number of thiazole rings is 1. The number of nitrogens with zero attached hydrogens (tertiary/aromatic N) is 4. The first-order valence-electron chi connectivity index (χ1n) is 7.95. The largest absolute Gasteiger partial charge is 0.341 e. The van der Waals surface area contributed by atoms with Crippen molar-refractivity contribution in [3.8, 4) is 0 Å². The first kappa shape index (κ1) is 17.9. The van der Waals surface area contributed by atoms with Gasteiger partial charge < -0.3 is 14.7 Å². The van der Waals surface area contributed by atoms with Crippen LogP contribution in [-0.2, 0) is 16.1 Å². The zero-order valence-electron chi connectivity index (χ0n) is 14.4. The van der Waals surface area contributed by atoms with Gasteiger partial charge in [0.15, 0.2) is 0 Å². The maximum atomic E-state index is 12.7. The van der Waals surface area contributed by atoms with Crippen LogP contribution in [0, 0.1) is 12.8 Å². The van der Waals surface area contributed by atoms with E-state index in [1.165, 1.54) is 0 Å². The van der Waals surface area contributed by atoms with Crippen molar-refractivity contribution in [3.63, 3.8) is 0 Å². The molecule has 1 saturated heterocycles. The molecule has 2 amide bonds. The summed E-state index contributed by atoms with van der Waals surface area (Å²) in [5.41, 5.74) is 0.930. The fourth-order valence-corrected chi connectivity index (χ4v) is 3.37. The molecule has 0 aromatic carbocycles. The molecule has 1 aromatic heterocycles. The average Bonchev–Trinajstić information content (AvgIpc) is 2.90. The van der Waals surface area contributed by atoms with Gasteiger partial charge in [-0.25, -0.2) is 4.98 Å². The van der Waals surface area contributed by atoms with Crippen molar-refractivity contribution in [2.24, 2.45) is 5.92 Å². The van der Waals surface area contributed by atoms with Gasteiger partial charge in [0.25, 0.3) is 0 Å². The maximum absolute atomic E-state index is 12.7. The number of aryl methyl sites for hydroxylation is 1. The minimum absolute atomic E-state index is 0.0976. The van der Waals surface area contributed by atoms with Crippen molar-refractivity contribution < 1.29 is 9.59 Å². The second-order valence-electron chi connectivity index (χ2n) is 6.43. The summed E-state index contributed by atoms with van der Waals surface area (Å²) in [6.45, 7) is 4.54. The molecule has 0 radical (unpaired) electrons. The third-order valence-corrected chi connectivity index (χ3v) is 4.93. The monoisotopic (exact) mass is 338 g/mol. The van der Waals surface area contributed by atoms with Crippen LogP contribution in [0.2, 0.25) is 0 Å². The summed E-state index contributed by atoms with van der Waals surface area (Å²) in [7, 11) is 5.79. The van der Waals surface area contributed by atoms with Gasteiger partial charge in [0.05, 0.1) is 23.2 Å². The van der Waals surface area contributed by atoms with E-state index in [4.69, 9.17) is 0 Å². The molecule has 2 heterocycles. The predicted octanol–water partition coefficient (Wildman–Crippen LogP) is 1.21. The summed E-state index contributed by atoms with van der Waals surface area (Å²) in [4.78, 5) is 34.7. The number of piperidine rings is 1. The van der Waals surface area contributed by atoms with Gasteiger partial charge in [0.2, 0.25) is 11.8 Å². The summed E-state index contributed by atoms with van der Waals surface area (Å²) in [6.07, 6.45) is 1.12. The molecule has 2 rings (SSSR count). The van der Waals surface area contributed by atoms with E-state index in [0.29, 0.717) is 32.5 Å². The van der Waals surface area contributed by atoms with Gasteiger partial charge >= 0.3 is 0 Å². The van der Waals surface area contributed by atoms with Crippen molar-refractivity contribution in [1.29, 1.82) is 0 Å². The second-order valence-corrected chi connectivity index (χ2v) is 7.49. The molecule has 0 N–H and O–H groups in total. The Hall–Kier alpha value is -1.47. The maximum Gasteiger partial charge on any atom is 0.227 e. The number of carbonyl (C=O) groups excluding carboxylic acids is 2. The van der Waals surface area contributed by atoms with Crippen LogP contribution in [0.1, 0.15) is 23.5 Å². The van der Waals surface area contributed by atoms with Gasteiger partial charge in [-0.15, -0.1) is 11.3 Å². The zero-order valence-corrected chi connectivity index (χ0v) is 15.2. The van der Waals surface area contributed by atoms with E-state index < -0.39 is 0 Å². The van der Waals surface area contributed by atoms with Crippen LogP contribution in [-0.4, -0.2) is 72.3 Å². The Morgan fingerprint density at radius 1 is 1.43 bits per heavy atom. The second kappa shape index (κ2) is 7.88. The van der Waals surface area contributed by atoms with E-state index in [1.807, 2.05) is 38.3 Å². The van der Waals surface area contributed by atoms with E-state index in [9.17, 15) is 9.59 Å². The molecule has 1 atom stereocenters. The third kappa shape index (κ3) is 5.00. The quantitative estimate of drug-likeness (QED) is 0.782. The molecule has 1 fully saturated rings. The molecular weight excluding hydrogens is 312 g/mol. The molecule has 0 bridgehead atoms. The van der Waals surface area contributed by atoms with Crippen LogP contribution in [0.4, 0.5) is 0 Å². The summed E-state index contributed by atoms with van der Waals surface area (Å²) in [5.74, 6) is 0.172. The van der Waals surface area contributed by atoms with Crippen LogP contribution < -0.4 is 0 Å². The molecule has 0 spiro atoms. The molecule has 128 valence electrons. The van der Waals surface area contributed by atoms with Crippen molar-refractivity contribution in [3.05, 3.63) is 16.1 Å². The van der Waals surface area contributed by atoms with Gasteiger partial charge in [-0.05, 0) is 27.4 Å². The Labute approximate surface area is 142 Å². The molecule has 7 heteroatoms. The summed E-state index contributed by atoms with van der Waals surface area (Å²) in [5, 5.41) is 3.01. The van der Waals surface area contributed by atoms with Crippen LogP contribution in [0.15, 0.2) is 5.38 Å². The first-order valence-corrected chi connectivity index (χ1v) is 8.83. The number of carbonyl (C=O) groups is 2. The molecule has 0 aliphatic carbocycles. The molecule has 1 aliphatic rings. The average molecular weight is 338 g/mol. The number of hydrogen-bond acceptors (Lipinski definition) is 5. The topological polar surface area (TPSA) is 56.8 Å². The van der Waals surface area contributed by atoms with Gasteiger partial charge in [-0.3, -0.25) is 9.59 Å². The molecule has 1 aromatic rings. The van der Waals surface area contributed by atoms with Gasteiger partial charge in [0.1, 0.15) is 0 Å². The Kier molecular flexibility index (Phi) is 6.12. The first-order chi connectivity index (χ1) is 10.9. The standard InChI is InChI=1S/C16H26N4O2S/c1-12-17-14(11-23-12)10-19(4)16(22)13-5-6-15(21)20(9-13)8-7-18(2)3/h11,13H,5-10H2,1-4H3/t13-/m1/s1. The highest BCUT2D eigenvalue weighted by Crippen LogP contribution is 2.20. The normalized spacial score (nSPS) is 18.6. The van der Waals surface area contributed by atoms with Crippen LogP contribution >= 0.6 is 11.3 Å². The molecule has 0 saturated carbocycles. The third-order valence-electron chi connectivity index (χ3n) is 4.11. The van der Waals surface area contributed by atoms with Crippen LogP contribution in [0.5, 0.6) is 0 Å². The lowest BCUT2D eigenvalue weighted by atomic mass is 9.96. The van der Waals surface area contributed by atoms with E-state index in [0.717, 1.165) is 17.2 Å². The van der Waals surface area contributed by atoms with Crippen LogP contribution in [0.3, 0.4) is 0 Å². The summed E-state index contributed by atoms with van der Waals surface area (Å²) in [6, 6.07) is 0. The highest BCUT2D eigenvalue weighted by atomic mass is 32.1. The van der Waals surface area contributed by atoms with E-state index in [2.05, 4.69) is 9.88 Å². The highest BCUT2D eigenvalue weighted by Gasteiger charge is 2.31. The van der Waals surface area contributed by atoms with E-state index >= 15 is 0 Å². The van der Waals surface area contributed by atoms with Crippen molar-refractivity contribution >= 4 is 23.2 Å². The number of rotatable bonds is 6. The Balaban J connectivity index is 1.91. The number of likely N-dealkylation sites (tertiary alicyclic amines) is 1. The minimum atomic E-state index is -0.0976. The summed E-state index contributed by atoms with van der Waals surface area (Å²) >= 11 is 1.60.